The van der Waals surface area contributed by atoms with Crippen LogP contribution in [0.15, 0.2) is 30.3 Å². The third-order valence-corrected chi connectivity index (χ3v) is 3.47. The van der Waals surface area contributed by atoms with E-state index in [4.69, 9.17) is 16.3 Å². The van der Waals surface area contributed by atoms with E-state index in [2.05, 4.69) is 0 Å². The summed E-state index contributed by atoms with van der Waals surface area (Å²) in [5.41, 5.74) is 0.711. The second-order valence-corrected chi connectivity index (χ2v) is 5.14. The molecule has 0 unspecified atom stereocenters. The van der Waals surface area contributed by atoms with Crippen LogP contribution in [0.4, 0.5) is 0 Å². The van der Waals surface area contributed by atoms with Crippen molar-refractivity contribution in [1.29, 1.82) is 0 Å². The molecule has 0 fully saturated rings. The van der Waals surface area contributed by atoms with Gasteiger partial charge in [-0.1, -0.05) is 37.3 Å². The zero-order valence-electron chi connectivity index (χ0n) is 10.9. The summed E-state index contributed by atoms with van der Waals surface area (Å²) in [4.78, 5) is 10.6. The topological polar surface area (TPSA) is 46.5 Å². The van der Waals surface area contributed by atoms with Gasteiger partial charge in [-0.05, 0) is 25.8 Å². The van der Waals surface area contributed by atoms with E-state index in [1.54, 1.807) is 26.0 Å². The molecule has 0 radical (unpaired) electrons. The fourth-order valence-electron chi connectivity index (χ4n) is 1.75. The molecule has 1 aromatic carbocycles. The fraction of sp³-hybridized carbons (Fsp3) is 0.500. The number of alkyl halides is 1. The number of esters is 1. The minimum atomic E-state index is -1.38. The lowest BCUT2D eigenvalue weighted by Crippen LogP contribution is -2.41. The zero-order valence-corrected chi connectivity index (χ0v) is 11.6. The molecule has 18 heavy (non-hydrogen) atoms. The van der Waals surface area contributed by atoms with Gasteiger partial charge in [0.2, 0.25) is 0 Å². The summed E-state index contributed by atoms with van der Waals surface area (Å²) < 4.78 is 5.01. The van der Waals surface area contributed by atoms with Gasteiger partial charge >= 0.3 is 5.97 Å². The average Bonchev–Trinajstić information content (AvgIpc) is 2.37. The van der Waals surface area contributed by atoms with Crippen molar-refractivity contribution >= 4 is 17.6 Å². The maximum Gasteiger partial charge on any atom is 0.337 e. The summed E-state index contributed by atoms with van der Waals surface area (Å²) in [6.45, 7) is 5.29. The van der Waals surface area contributed by atoms with Crippen molar-refractivity contribution in [2.45, 2.75) is 44.3 Å². The molecule has 0 spiro atoms. The quantitative estimate of drug-likeness (QED) is 0.661. The molecule has 0 bridgehead atoms. The largest absolute Gasteiger partial charge is 0.461 e. The number of hydrogen-bond donors (Lipinski definition) is 1. The van der Waals surface area contributed by atoms with Gasteiger partial charge < -0.3 is 9.84 Å². The van der Waals surface area contributed by atoms with Crippen molar-refractivity contribution in [2.75, 3.05) is 0 Å². The molecule has 2 atom stereocenters. The summed E-state index contributed by atoms with van der Waals surface area (Å²) in [7, 11) is 0. The predicted molar refractivity (Wildman–Crippen MR) is 71.5 cm³/mol. The molecule has 1 aromatic rings. The number of halogens is 1. The normalized spacial score (nSPS) is 16.1. The minimum Gasteiger partial charge on any atom is -0.461 e. The summed E-state index contributed by atoms with van der Waals surface area (Å²) in [6, 6.07) is 9.09. The third-order valence-electron chi connectivity index (χ3n) is 2.78. The molecule has 0 aliphatic heterocycles. The van der Waals surface area contributed by atoms with Gasteiger partial charge in [0.15, 0.2) is 6.10 Å². The number of rotatable bonds is 5. The van der Waals surface area contributed by atoms with E-state index < -0.39 is 16.9 Å². The van der Waals surface area contributed by atoms with E-state index in [0.717, 1.165) is 0 Å². The van der Waals surface area contributed by atoms with Crippen molar-refractivity contribution in [1.82, 2.24) is 0 Å². The van der Waals surface area contributed by atoms with Gasteiger partial charge in [0.05, 0.1) is 6.10 Å². The third kappa shape index (κ3) is 3.24. The number of carbonyl (C=O) groups is 1. The van der Waals surface area contributed by atoms with Crippen LogP contribution >= 0.6 is 11.6 Å². The number of benzene rings is 1. The van der Waals surface area contributed by atoms with Crippen molar-refractivity contribution in [2.24, 2.45) is 0 Å². The summed E-state index contributed by atoms with van der Waals surface area (Å²) in [6.07, 6.45) is -1.23. The molecule has 0 saturated heterocycles. The number of ether oxygens (including phenoxy) is 1. The molecule has 0 aliphatic rings. The Morgan fingerprint density at radius 2 is 1.94 bits per heavy atom. The summed E-state index contributed by atoms with van der Waals surface area (Å²) in [5, 5.41) is 10.1. The highest BCUT2D eigenvalue weighted by Crippen LogP contribution is 2.36. The second-order valence-electron chi connectivity index (χ2n) is 4.47. The number of aliphatic hydroxyl groups excluding tert-OH is 1. The number of aliphatic hydroxyl groups is 1. The molecule has 0 amide bonds. The molecule has 0 saturated carbocycles. The molecule has 0 aliphatic carbocycles. The van der Waals surface area contributed by atoms with Crippen molar-refractivity contribution in [3.63, 3.8) is 0 Å². The van der Waals surface area contributed by atoms with Crippen molar-refractivity contribution in [3.8, 4) is 0 Å². The van der Waals surface area contributed by atoms with Gasteiger partial charge in [-0.2, -0.15) is 0 Å². The highest BCUT2D eigenvalue weighted by Gasteiger charge is 2.41. The van der Waals surface area contributed by atoms with Crippen LogP contribution in [-0.2, 0) is 14.4 Å². The Morgan fingerprint density at radius 3 is 2.39 bits per heavy atom. The van der Waals surface area contributed by atoms with Gasteiger partial charge in [0, 0.05) is 0 Å². The first-order chi connectivity index (χ1) is 8.41. The van der Waals surface area contributed by atoms with Gasteiger partial charge in [-0.25, -0.2) is 4.79 Å². The van der Waals surface area contributed by atoms with Gasteiger partial charge in [0.1, 0.15) is 4.87 Å². The second kappa shape index (κ2) is 6.21. The van der Waals surface area contributed by atoms with Crippen LogP contribution in [0.1, 0.15) is 32.8 Å². The Bertz CT molecular complexity index is 391. The molecule has 0 heterocycles. The zero-order chi connectivity index (χ0) is 13.8. The number of carbonyl (C=O) groups excluding carboxylic acids is 1. The lowest BCUT2D eigenvalue weighted by atomic mass is 9.90. The Kier molecular flexibility index (Phi) is 5.17. The first-order valence-corrected chi connectivity index (χ1v) is 6.42. The first kappa shape index (κ1) is 15.0. The monoisotopic (exact) mass is 270 g/mol. The fourth-order valence-corrected chi connectivity index (χ4v) is 1.97. The van der Waals surface area contributed by atoms with Crippen molar-refractivity contribution in [3.05, 3.63) is 35.9 Å². The van der Waals surface area contributed by atoms with Gasteiger partial charge in [-0.15, -0.1) is 11.6 Å². The van der Waals surface area contributed by atoms with E-state index in [9.17, 15) is 9.90 Å². The molecule has 100 valence electrons. The highest BCUT2D eigenvalue weighted by molar-refractivity contribution is 6.25. The molecule has 1 N–H and O–H groups in total. The van der Waals surface area contributed by atoms with Crippen LogP contribution in [0.5, 0.6) is 0 Å². The van der Waals surface area contributed by atoms with E-state index in [-0.39, 0.29) is 6.10 Å². The molecule has 1 rings (SSSR count). The van der Waals surface area contributed by atoms with Gasteiger partial charge in [0.25, 0.3) is 0 Å². The first-order valence-electron chi connectivity index (χ1n) is 6.04. The Balaban J connectivity index is 2.98. The lowest BCUT2D eigenvalue weighted by molar-refractivity contribution is -0.159. The van der Waals surface area contributed by atoms with E-state index in [0.29, 0.717) is 12.0 Å². The minimum absolute atomic E-state index is 0.277. The average molecular weight is 271 g/mol. The van der Waals surface area contributed by atoms with E-state index >= 15 is 0 Å². The molecule has 0 aromatic heterocycles. The van der Waals surface area contributed by atoms with Crippen LogP contribution < -0.4 is 0 Å². The van der Waals surface area contributed by atoms with Gasteiger partial charge in [-0.3, -0.25) is 0 Å². The van der Waals surface area contributed by atoms with E-state index in [1.807, 2.05) is 25.1 Å². The highest BCUT2D eigenvalue weighted by atomic mass is 35.5. The maximum atomic E-state index is 11.8. The molecule has 3 nitrogen and oxygen atoms in total. The SMILES string of the molecule is CC[C@@](Cl)(c1ccccc1)[C@@H](O)C(=O)OC(C)C. The standard InChI is InChI=1S/C14H19ClO3/c1-4-14(15,11-8-6-5-7-9-11)12(16)13(17)18-10(2)3/h5-10,12,16H,4H2,1-3H3/t12-,14+/m0/s1. The smallest absolute Gasteiger partial charge is 0.337 e. The summed E-state index contributed by atoms with van der Waals surface area (Å²) >= 11 is 6.43. The molecular formula is C14H19ClO3. The van der Waals surface area contributed by atoms with Crippen LogP contribution in [0, 0.1) is 0 Å². The maximum absolute atomic E-state index is 11.8. The van der Waals surface area contributed by atoms with E-state index in [1.165, 1.54) is 0 Å². The lowest BCUT2D eigenvalue weighted by Gasteiger charge is -2.30. The Hall–Kier alpha value is -1.06. The van der Waals surface area contributed by atoms with Crippen molar-refractivity contribution < 1.29 is 14.6 Å². The van der Waals surface area contributed by atoms with Crippen LogP contribution in [0.2, 0.25) is 0 Å². The van der Waals surface area contributed by atoms with Crippen LogP contribution in [0.3, 0.4) is 0 Å². The molecular weight excluding hydrogens is 252 g/mol. The molecule has 4 heteroatoms. The van der Waals surface area contributed by atoms with Crippen LogP contribution in [0.25, 0.3) is 0 Å². The predicted octanol–water partition coefficient (Wildman–Crippen LogP) is 2.84. The Labute approximate surface area is 113 Å². The number of hydrogen-bond acceptors (Lipinski definition) is 3. The Morgan fingerprint density at radius 1 is 1.39 bits per heavy atom. The van der Waals surface area contributed by atoms with Crippen LogP contribution in [-0.4, -0.2) is 23.3 Å². The summed E-state index contributed by atoms with van der Waals surface area (Å²) in [5.74, 6) is -0.689.